The van der Waals surface area contributed by atoms with Crippen molar-refractivity contribution in [1.82, 2.24) is 4.90 Å². The lowest BCUT2D eigenvalue weighted by atomic mass is 10.2. The van der Waals surface area contributed by atoms with Crippen LogP contribution in [0.4, 0.5) is 13.6 Å². The van der Waals surface area contributed by atoms with Gasteiger partial charge < -0.3 is 15.4 Å². The van der Waals surface area contributed by atoms with E-state index in [2.05, 4.69) is 4.74 Å². The molecule has 2 amide bonds. The molecule has 0 aromatic heterocycles. The van der Waals surface area contributed by atoms with Crippen molar-refractivity contribution in [3.63, 3.8) is 0 Å². The summed E-state index contributed by atoms with van der Waals surface area (Å²) in [6.45, 7) is -0.0952. The van der Waals surface area contributed by atoms with Crippen LogP contribution in [0.2, 0.25) is 0 Å². The minimum absolute atomic E-state index is 0.0413. The van der Waals surface area contributed by atoms with Crippen LogP contribution in [0.1, 0.15) is 5.56 Å². The number of carbonyl (C=O) groups is 1. The van der Waals surface area contributed by atoms with Gasteiger partial charge in [-0.2, -0.15) is 0 Å². The van der Waals surface area contributed by atoms with Crippen LogP contribution < -0.4 is 10.5 Å². The Morgan fingerprint density at radius 1 is 1.44 bits per heavy atom. The lowest BCUT2D eigenvalue weighted by molar-refractivity contribution is 0.216. The van der Waals surface area contributed by atoms with Crippen LogP contribution in [0, 0.1) is 11.6 Å². The van der Waals surface area contributed by atoms with Gasteiger partial charge in [-0.15, -0.1) is 0 Å². The smallest absolute Gasteiger partial charge is 0.314 e. The average Bonchev–Trinajstić information content (AvgIpc) is 2.22. The minimum atomic E-state index is -0.712. The van der Waals surface area contributed by atoms with E-state index < -0.39 is 17.7 Å². The third-order valence-corrected chi connectivity index (χ3v) is 2.10. The Kier molecular flexibility index (Phi) is 3.65. The number of halogens is 2. The van der Waals surface area contributed by atoms with Gasteiger partial charge in [0.2, 0.25) is 0 Å². The summed E-state index contributed by atoms with van der Waals surface area (Å²) < 4.78 is 31.3. The van der Waals surface area contributed by atoms with E-state index >= 15 is 0 Å². The predicted octanol–water partition coefficient (Wildman–Crippen LogP) is 1.48. The number of amides is 2. The van der Waals surface area contributed by atoms with Crippen molar-refractivity contribution < 1.29 is 18.3 Å². The van der Waals surface area contributed by atoms with Crippen LogP contribution in [-0.2, 0) is 6.54 Å². The van der Waals surface area contributed by atoms with Gasteiger partial charge >= 0.3 is 6.03 Å². The van der Waals surface area contributed by atoms with Gasteiger partial charge in [0.25, 0.3) is 0 Å². The molecule has 4 nitrogen and oxygen atoms in total. The molecule has 0 aliphatic carbocycles. The molecule has 0 aliphatic rings. The molecule has 0 heterocycles. The molecule has 0 unspecified atom stereocenters. The molecule has 1 rings (SSSR count). The quantitative estimate of drug-likeness (QED) is 0.855. The summed E-state index contributed by atoms with van der Waals surface area (Å²) in [5.74, 6) is -1.51. The Morgan fingerprint density at radius 2 is 2.06 bits per heavy atom. The van der Waals surface area contributed by atoms with Crippen molar-refractivity contribution >= 4 is 6.03 Å². The van der Waals surface area contributed by atoms with Crippen molar-refractivity contribution in [1.29, 1.82) is 0 Å². The summed E-state index contributed by atoms with van der Waals surface area (Å²) in [5.41, 5.74) is 5.02. The van der Waals surface area contributed by atoms with Crippen LogP contribution in [0.3, 0.4) is 0 Å². The molecule has 16 heavy (non-hydrogen) atoms. The zero-order valence-electron chi connectivity index (χ0n) is 8.96. The van der Waals surface area contributed by atoms with E-state index in [0.717, 1.165) is 17.0 Å². The summed E-state index contributed by atoms with van der Waals surface area (Å²) in [6.07, 6.45) is 0. The third kappa shape index (κ3) is 2.59. The minimum Gasteiger partial charge on any atom is -0.494 e. The fraction of sp³-hybridized carbons (Fsp3) is 0.300. The summed E-state index contributed by atoms with van der Waals surface area (Å²) >= 11 is 0. The number of nitrogens with zero attached hydrogens (tertiary/aromatic N) is 1. The highest BCUT2D eigenvalue weighted by molar-refractivity contribution is 5.71. The Bertz CT molecular complexity index is 410. The predicted molar refractivity (Wildman–Crippen MR) is 54.0 cm³/mol. The molecule has 0 bridgehead atoms. The van der Waals surface area contributed by atoms with Gasteiger partial charge in [0, 0.05) is 18.7 Å². The number of hydrogen-bond acceptors (Lipinski definition) is 2. The number of nitrogens with two attached hydrogens (primary N) is 1. The van der Waals surface area contributed by atoms with Gasteiger partial charge in [-0.3, -0.25) is 0 Å². The number of ether oxygens (including phenoxy) is 1. The van der Waals surface area contributed by atoms with Crippen LogP contribution >= 0.6 is 0 Å². The highest BCUT2D eigenvalue weighted by Crippen LogP contribution is 2.21. The van der Waals surface area contributed by atoms with Crippen molar-refractivity contribution in [2.24, 2.45) is 5.73 Å². The molecule has 1 aromatic carbocycles. The van der Waals surface area contributed by atoms with Crippen LogP contribution in [0.5, 0.6) is 5.75 Å². The highest BCUT2D eigenvalue weighted by Gasteiger charge is 2.13. The number of urea groups is 1. The molecule has 2 N–H and O–H groups in total. The topological polar surface area (TPSA) is 55.6 Å². The van der Waals surface area contributed by atoms with Crippen molar-refractivity contribution in [2.45, 2.75) is 6.54 Å². The van der Waals surface area contributed by atoms with E-state index in [4.69, 9.17) is 5.73 Å². The number of hydrogen-bond donors (Lipinski definition) is 1. The van der Waals surface area contributed by atoms with Gasteiger partial charge in [-0.25, -0.2) is 13.6 Å². The van der Waals surface area contributed by atoms with Crippen molar-refractivity contribution in [2.75, 3.05) is 14.2 Å². The van der Waals surface area contributed by atoms with E-state index in [1.807, 2.05) is 0 Å². The van der Waals surface area contributed by atoms with Gasteiger partial charge in [0.1, 0.15) is 5.82 Å². The maximum atomic E-state index is 13.4. The first kappa shape index (κ1) is 12.2. The lowest BCUT2D eigenvalue weighted by Crippen LogP contribution is -2.31. The monoisotopic (exact) mass is 230 g/mol. The summed E-state index contributed by atoms with van der Waals surface area (Å²) in [7, 11) is 2.64. The number of methoxy groups -OCH3 is 1. The number of primary amides is 1. The number of benzene rings is 1. The maximum Gasteiger partial charge on any atom is 0.314 e. The molecular formula is C10H12F2N2O2. The second kappa shape index (κ2) is 4.78. The fourth-order valence-electron chi connectivity index (χ4n) is 1.18. The van der Waals surface area contributed by atoms with Gasteiger partial charge in [-0.05, 0) is 6.07 Å². The van der Waals surface area contributed by atoms with E-state index in [-0.39, 0.29) is 17.9 Å². The Hall–Kier alpha value is -1.85. The average molecular weight is 230 g/mol. The maximum absolute atomic E-state index is 13.4. The molecular weight excluding hydrogens is 218 g/mol. The first-order valence-corrected chi connectivity index (χ1v) is 4.48. The van der Waals surface area contributed by atoms with E-state index in [9.17, 15) is 13.6 Å². The van der Waals surface area contributed by atoms with E-state index in [0.29, 0.717) is 0 Å². The fourth-order valence-corrected chi connectivity index (χ4v) is 1.18. The van der Waals surface area contributed by atoms with Gasteiger partial charge in [0.15, 0.2) is 11.6 Å². The summed E-state index contributed by atoms with van der Waals surface area (Å²) in [6, 6.07) is 1.20. The Labute approximate surface area is 91.6 Å². The zero-order valence-corrected chi connectivity index (χ0v) is 8.96. The zero-order chi connectivity index (χ0) is 12.3. The van der Waals surface area contributed by atoms with E-state index in [1.54, 1.807) is 0 Å². The SMILES string of the molecule is COc1cc(F)c(CN(C)C(N)=O)cc1F. The Morgan fingerprint density at radius 3 is 2.56 bits per heavy atom. The summed E-state index contributed by atoms with van der Waals surface area (Å²) in [4.78, 5) is 11.8. The molecule has 0 atom stereocenters. The van der Waals surface area contributed by atoms with Crippen LogP contribution in [-0.4, -0.2) is 25.1 Å². The van der Waals surface area contributed by atoms with Gasteiger partial charge in [-0.1, -0.05) is 0 Å². The second-order valence-electron chi connectivity index (χ2n) is 3.27. The molecule has 0 aliphatic heterocycles. The third-order valence-electron chi connectivity index (χ3n) is 2.10. The molecule has 0 radical (unpaired) electrons. The molecule has 6 heteroatoms. The van der Waals surface area contributed by atoms with Crippen molar-refractivity contribution in [3.05, 3.63) is 29.3 Å². The van der Waals surface area contributed by atoms with Crippen LogP contribution in [0.25, 0.3) is 0 Å². The second-order valence-corrected chi connectivity index (χ2v) is 3.27. The standard InChI is InChI=1S/C10H12F2N2O2/c1-14(10(13)15)5-6-3-8(12)9(16-2)4-7(6)11/h3-4H,5H2,1-2H3,(H2,13,15). The van der Waals surface area contributed by atoms with Gasteiger partial charge in [0.05, 0.1) is 13.7 Å². The molecule has 0 fully saturated rings. The molecule has 0 saturated heterocycles. The first-order valence-electron chi connectivity index (χ1n) is 4.48. The first-order chi connectivity index (χ1) is 7.45. The molecule has 1 aromatic rings. The number of carbonyl (C=O) groups excluding carboxylic acids is 1. The Balaban J connectivity index is 2.98. The van der Waals surface area contributed by atoms with E-state index in [1.165, 1.54) is 14.2 Å². The summed E-state index contributed by atoms with van der Waals surface area (Å²) in [5, 5.41) is 0. The van der Waals surface area contributed by atoms with Crippen LogP contribution in [0.15, 0.2) is 12.1 Å². The van der Waals surface area contributed by atoms with Crippen molar-refractivity contribution in [3.8, 4) is 5.75 Å². The largest absolute Gasteiger partial charge is 0.494 e. The normalized spacial score (nSPS) is 10.0. The molecule has 0 spiro atoms. The highest BCUT2D eigenvalue weighted by atomic mass is 19.1. The number of rotatable bonds is 3. The molecule has 0 saturated carbocycles. The lowest BCUT2D eigenvalue weighted by Gasteiger charge is -2.15. The molecule has 88 valence electrons.